The average Bonchev–Trinajstić information content (AvgIpc) is 3.40. The van der Waals surface area contributed by atoms with E-state index in [1.165, 1.54) is 0 Å². The Balaban J connectivity index is 1.47. The summed E-state index contributed by atoms with van der Waals surface area (Å²) in [5.74, 6) is -0.673. The van der Waals surface area contributed by atoms with Crippen molar-refractivity contribution in [3.05, 3.63) is 35.9 Å². The molecule has 1 aromatic rings. The lowest BCUT2D eigenvalue weighted by Gasteiger charge is -2.31. The lowest BCUT2D eigenvalue weighted by molar-refractivity contribution is -0.145. The number of ether oxygens (including phenoxy) is 1. The molecule has 3 fully saturated rings. The first-order valence-corrected chi connectivity index (χ1v) is 11.9. The first kappa shape index (κ1) is 23.4. The lowest BCUT2D eigenvalue weighted by Crippen LogP contribution is -2.47. The molecule has 4 rings (SSSR count). The highest BCUT2D eigenvalue weighted by atomic mass is 16.5. The summed E-state index contributed by atoms with van der Waals surface area (Å²) >= 11 is 0. The van der Waals surface area contributed by atoms with Crippen LogP contribution in [0.2, 0.25) is 0 Å². The molecule has 0 bridgehead atoms. The first-order valence-electron chi connectivity index (χ1n) is 11.9. The maximum atomic E-state index is 13.6. The van der Waals surface area contributed by atoms with E-state index in [1.807, 2.05) is 19.9 Å². The highest BCUT2D eigenvalue weighted by Gasteiger charge is 2.52. The minimum Gasteiger partial charge on any atom is -0.378 e. The van der Waals surface area contributed by atoms with Gasteiger partial charge in [-0.2, -0.15) is 0 Å². The van der Waals surface area contributed by atoms with Gasteiger partial charge in [0.05, 0.1) is 25.8 Å². The Hall–Kier alpha value is -2.74. The predicted molar refractivity (Wildman–Crippen MR) is 121 cm³/mol. The molecular weight excluding hydrogens is 422 g/mol. The lowest BCUT2D eigenvalue weighted by atomic mass is 9.91. The Labute approximate surface area is 194 Å². The normalized spacial score (nSPS) is 23.7. The highest BCUT2D eigenvalue weighted by Crippen LogP contribution is 2.33. The maximum absolute atomic E-state index is 13.6. The third kappa shape index (κ3) is 4.95. The Bertz CT molecular complexity index is 897. The van der Waals surface area contributed by atoms with Crippen LogP contribution in [0.4, 0.5) is 0 Å². The summed E-state index contributed by atoms with van der Waals surface area (Å²) in [4.78, 5) is 57.5. The minimum atomic E-state index is -0.613. The van der Waals surface area contributed by atoms with E-state index in [4.69, 9.17) is 4.74 Å². The van der Waals surface area contributed by atoms with Crippen molar-refractivity contribution >= 4 is 23.5 Å². The van der Waals surface area contributed by atoms with Gasteiger partial charge in [-0.15, -0.1) is 0 Å². The van der Waals surface area contributed by atoms with E-state index in [1.54, 1.807) is 39.0 Å². The van der Waals surface area contributed by atoms with Crippen molar-refractivity contribution in [3.8, 4) is 0 Å². The Morgan fingerprint density at radius 3 is 2.39 bits per heavy atom. The molecule has 0 saturated carbocycles. The second-order valence-corrected chi connectivity index (χ2v) is 9.62. The first-order chi connectivity index (χ1) is 15.9. The summed E-state index contributed by atoms with van der Waals surface area (Å²) in [5, 5.41) is 0. The number of Topliss-reactive ketones (excluding diaryl/α,β-unsaturated/α-hetero) is 1. The van der Waals surface area contributed by atoms with Gasteiger partial charge >= 0.3 is 0 Å². The highest BCUT2D eigenvalue weighted by molar-refractivity contribution is 6.02. The van der Waals surface area contributed by atoms with Crippen LogP contribution >= 0.6 is 0 Å². The Kier molecular flexibility index (Phi) is 7.12. The zero-order valence-corrected chi connectivity index (χ0v) is 19.4. The van der Waals surface area contributed by atoms with Gasteiger partial charge < -0.3 is 19.4 Å². The van der Waals surface area contributed by atoms with Crippen LogP contribution in [-0.2, 0) is 19.1 Å². The number of ketones is 1. The number of nitrogens with zero attached hydrogens (tertiary/aromatic N) is 3. The monoisotopic (exact) mass is 455 g/mol. The van der Waals surface area contributed by atoms with Crippen molar-refractivity contribution in [2.45, 2.75) is 45.2 Å². The molecule has 0 radical (unpaired) electrons. The largest absolute Gasteiger partial charge is 0.378 e. The molecule has 3 aliphatic rings. The molecule has 8 nitrogen and oxygen atoms in total. The fourth-order valence-corrected chi connectivity index (χ4v) is 5.31. The fourth-order valence-electron chi connectivity index (χ4n) is 5.31. The smallest absolute Gasteiger partial charge is 0.254 e. The number of rotatable bonds is 6. The standard InChI is InChI=1S/C25H33N3O5/c1-17(2)14-19(15-22(30)26-10-12-33-13-11-26)25(32)27-9-8-20-23(27)21(29)16-28(20)24(31)18-6-4-3-5-7-18/h3-7,17,19-20,23H,8-16H2,1-2H3/t19-,20?,23?/m1/s1. The van der Waals surface area contributed by atoms with Crippen LogP contribution in [0.1, 0.15) is 43.5 Å². The zero-order chi connectivity index (χ0) is 23.5. The summed E-state index contributed by atoms with van der Waals surface area (Å²) in [6.45, 7) is 6.65. The predicted octanol–water partition coefficient (Wildman–Crippen LogP) is 1.59. The van der Waals surface area contributed by atoms with Crippen molar-refractivity contribution in [2.24, 2.45) is 11.8 Å². The third-order valence-corrected chi connectivity index (χ3v) is 6.88. The van der Waals surface area contributed by atoms with E-state index in [9.17, 15) is 19.2 Å². The molecule has 3 heterocycles. The molecule has 2 unspecified atom stereocenters. The van der Waals surface area contributed by atoms with Crippen molar-refractivity contribution in [1.29, 1.82) is 0 Å². The van der Waals surface area contributed by atoms with E-state index in [0.29, 0.717) is 51.3 Å². The summed E-state index contributed by atoms with van der Waals surface area (Å²) in [7, 11) is 0. The Morgan fingerprint density at radius 2 is 1.73 bits per heavy atom. The molecule has 0 spiro atoms. The number of fused-ring (bicyclic) bond motifs is 1. The van der Waals surface area contributed by atoms with Gasteiger partial charge in [0.15, 0.2) is 5.78 Å². The summed E-state index contributed by atoms with van der Waals surface area (Å²) in [6, 6.07) is 8.02. The van der Waals surface area contributed by atoms with Gasteiger partial charge in [-0.05, 0) is 30.9 Å². The number of benzene rings is 1. The van der Waals surface area contributed by atoms with Gasteiger partial charge in [-0.1, -0.05) is 32.0 Å². The molecular formula is C25H33N3O5. The van der Waals surface area contributed by atoms with Crippen molar-refractivity contribution in [1.82, 2.24) is 14.7 Å². The number of carbonyl (C=O) groups is 4. The number of carbonyl (C=O) groups excluding carboxylic acids is 4. The van der Waals surface area contributed by atoms with E-state index < -0.39 is 12.0 Å². The molecule has 3 amide bonds. The molecule has 3 aliphatic heterocycles. The number of amides is 3. The summed E-state index contributed by atoms with van der Waals surface area (Å²) in [6.07, 6.45) is 1.31. The van der Waals surface area contributed by atoms with Crippen molar-refractivity contribution < 1.29 is 23.9 Å². The van der Waals surface area contributed by atoms with Gasteiger partial charge in [0, 0.05) is 37.5 Å². The van der Waals surface area contributed by atoms with Gasteiger partial charge in [0.2, 0.25) is 11.8 Å². The van der Waals surface area contributed by atoms with Crippen LogP contribution in [0.25, 0.3) is 0 Å². The molecule has 0 aromatic heterocycles. The molecule has 0 N–H and O–H groups in total. The number of morpholine rings is 1. The number of likely N-dealkylation sites (tertiary alicyclic amines) is 2. The average molecular weight is 456 g/mol. The van der Waals surface area contributed by atoms with E-state index in [-0.39, 0.29) is 48.4 Å². The quantitative estimate of drug-likeness (QED) is 0.650. The molecule has 1 aromatic carbocycles. The van der Waals surface area contributed by atoms with Crippen molar-refractivity contribution in [3.63, 3.8) is 0 Å². The van der Waals surface area contributed by atoms with Crippen LogP contribution in [0.5, 0.6) is 0 Å². The molecule has 3 atom stereocenters. The van der Waals surface area contributed by atoms with Crippen LogP contribution in [0.15, 0.2) is 30.3 Å². The van der Waals surface area contributed by atoms with E-state index >= 15 is 0 Å². The SMILES string of the molecule is CC(C)C[C@H](CC(=O)N1CCOCC1)C(=O)N1CCC2C1C(=O)CN2C(=O)c1ccccc1. The van der Waals surface area contributed by atoms with Crippen LogP contribution in [-0.4, -0.2) is 89.7 Å². The minimum absolute atomic E-state index is 0.0222. The fraction of sp³-hybridized carbons (Fsp3) is 0.600. The van der Waals surface area contributed by atoms with Crippen molar-refractivity contribution in [2.75, 3.05) is 39.4 Å². The van der Waals surface area contributed by atoms with Crippen LogP contribution < -0.4 is 0 Å². The molecule has 8 heteroatoms. The third-order valence-electron chi connectivity index (χ3n) is 6.88. The Morgan fingerprint density at radius 1 is 1.03 bits per heavy atom. The van der Waals surface area contributed by atoms with E-state index in [2.05, 4.69) is 0 Å². The molecule has 33 heavy (non-hydrogen) atoms. The topological polar surface area (TPSA) is 87.2 Å². The zero-order valence-electron chi connectivity index (χ0n) is 19.4. The molecule has 178 valence electrons. The summed E-state index contributed by atoms with van der Waals surface area (Å²) < 4.78 is 5.33. The number of hydrogen-bond donors (Lipinski definition) is 0. The maximum Gasteiger partial charge on any atom is 0.254 e. The van der Waals surface area contributed by atoms with Gasteiger partial charge in [-0.25, -0.2) is 0 Å². The van der Waals surface area contributed by atoms with Gasteiger partial charge in [0.1, 0.15) is 6.04 Å². The number of hydrogen-bond acceptors (Lipinski definition) is 5. The van der Waals surface area contributed by atoms with Gasteiger partial charge in [0.25, 0.3) is 5.91 Å². The summed E-state index contributed by atoms with van der Waals surface area (Å²) in [5.41, 5.74) is 0.546. The van der Waals surface area contributed by atoms with E-state index in [0.717, 1.165) is 0 Å². The van der Waals surface area contributed by atoms with Crippen LogP contribution in [0.3, 0.4) is 0 Å². The van der Waals surface area contributed by atoms with Gasteiger partial charge in [-0.3, -0.25) is 19.2 Å². The molecule has 3 saturated heterocycles. The van der Waals surface area contributed by atoms with Crippen LogP contribution in [0, 0.1) is 11.8 Å². The second-order valence-electron chi connectivity index (χ2n) is 9.62. The molecule has 0 aliphatic carbocycles. The second kappa shape index (κ2) is 10.0.